The summed E-state index contributed by atoms with van der Waals surface area (Å²) in [6.45, 7) is 4.35. The lowest BCUT2D eigenvalue weighted by atomic mass is 9.93. The Bertz CT molecular complexity index is 1670. The zero-order valence-electron chi connectivity index (χ0n) is 28.2. The number of ether oxygens (including phenoxy) is 2. The van der Waals surface area contributed by atoms with E-state index in [9.17, 15) is 19.5 Å². The number of carboxylic acid groups (broad SMARTS) is 1. The molecule has 0 aromatic heterocycles. The van der Waals surface area contributed by atoms with E-state index < -0.39 is 5.97 Å². The topological polar surface area (TPSA) is 99.6 Å². The number of carbonyl (C=O) groups is 3. The number of likely N-dealkylation sites (N-methyl/N-ethyl adjacent to an activating group) is 1. The number of carboxylic acids is 1. The summed E-state index contributed by atoms with van der Waals surface area (Å²) in [5.74, 6) is -0.200. The lowest BCUT2D eigenvalue weighted by molar-refractivity contribution is -0.137. The Morgan fingerprint density at radius 3 is 1.85 bits per heavy atom. The molecule has 0 atom stereocenters. The van der Waals surface area contributed by atoms with Crippen molar-refractivity contribution in [2.24, 2.45) is 0 Å². The molecule has 9 nitrogen and oxygen atoms in total. The molecule has 0 saturated heterocycles. The SMILES string of the molecule is CCOc1cc(CCN(CCC(=O)O)C(=O)c2ccccc2-c2ccccc2C(=O)N(CCN(C)C)Cc2ccccc2)ccc1OC. The Labute approximate surface area is 283 Å². The van der Waals surface area contributed by atoms with Gasteiger partial charge in [0.15, 0.2) is 11.5 Å². The molecule has 0 saturated carbocycles. The molecule has 0 aliphatic heterocycles. The molecule has 0 aliphatic carbocycles. The minimum atomic E-state index is -0.990. The van der Waals surface area contributed by atoms with E-state index in [2.05, 4.69) is 0 Å². The van der Waals surface area contributed by atoms with Gasteiger partial charge in [0.1, 0.15) is 0 Å². The molecule has 0 aliphatic rings. The van der Waals surface area contributed by atoms with Crippen molar-refractivity contribution in [1.29, 1.82) is 0 Å². The Morgan fingerprint density at radius 2 is 1.27 bits per heavy atom. The Kier molecular flexibility index (Phi) is 13.1. The van der Waals surface area contributed by atoms with Crippen molar-refractivity contribution in [3.05, 3.63) is 119 Å². The summed E-state index contributed by atoms with van der Waals surface area (Å²) in [4.78, 5) is 45.6. The highest BCUT2D eigenvalue weighted by molar-refractivity contribution is 6.06. The Morgan fingerprint density at radius 1 is 0.667 bits per heavy atom. The van der Waals surface area contributed by atoms with Gasteiger partial charge in [0.25, 0.3) is 11.8 Å². The molecule has 0 spiro atoms. The van der Waals surface area contributed by atoms with E-state index in [-0.39, 0.29) is 31.3 Å². The van der Waals surface area contributed by atoms with Crippen molar-refractivity contribution in [2.75, 3.05) is 54.0 Å². The predicted octanol–water partition coefficient (Wildman–Crippen LogP) is 6.12. The highest BCUT2D eigenvalue weighted by atomic mass is 16.5. The van der Waals surface area contributed by atoms with Crippen LogP contribution in [0.4, 0.5) is 0 Å². The summed E-state index contributed by atoms with van der Waals surface area (Å²) in [6.07, 6.45) is 0.281. The minimum absolute atomic E-state index is 0.0347. The number of carbonyl (C=O) groups excluding carboxylic acids is 2. The maximum absolute atomic E-state index is 14.3. The van der Waals surface area contributed by atoms with Crippen LogP contribution >= 0.6 is 0 Å². The van der Waals surface area contributed by atoms with Crippen molar-refractivity contribution < 1.29 is 29.0 Å². The Balaban J connectivity index is 1.66. The summed E-state index contributed by atoms with van der Waals surface area (Å²) in [7, 11) is 5.53. The molecule has 0 radical (unpaired) electrons. The number of rotatable bonds is 17. The first-order valence-electron chi connectivity index (χ1n) is 16.2. The van der Waals surface area contributed by atoms with Crippen molar-refractivity contribution in [2.45, 2.75) is 26.3 Å². The number of benzene rings is 4. The van der Waals surface area contributed by atoms with Crippen LogP contribution in [0.25, 0.3) is 11.1 Å². The van der Waals surface area contributed by atoms with E-state index in [1.54, 1.807) is 30.2 Å². The fraction of sp³-hybridized carbons (Fsp3) is 0.308. The average Bonchev–Trinajstić information content (AvgIpc) is 3.10. The summed E-state index contributed by atoms with van der Waals surface area (Å²) >= 11 is 0. The van der Waals surface area contributed by atoms with E-state index >= 15 is 0 Å². The molecule has 2 amide bonds. The lowest BCUT2D eigenvalue weighted by Crippen LogP contribution is -2.36. The highest BCUT2D eigenvalue weighted by Crippen LogP contribution is 2.31. The molecule has 1 N–H and O–H groups in total. The standard InChI is InChI=1S/C39H45N3O6/c1-5-48-36-27-29(19-20-35(36)47-4)21-23-41(24-22-37(43)44)38(45)33-17-11-9-15-31(33)32-16-10-12-18-34(32)39(46)42(26-25-40(2)3)28-30-13-7-6-8-14-30/h6-20,27H,5,21-26,28H2,1-4H3,(H,43,44). The normalized spacial score (nSPS) is 10.9. The largest absolute Gasteiger partial charge is 0.493 e. The van der Waals surface area contributed by atoms with Gasteiger partial charge in [-0.15, -0.1) is 0 Å². The molecular formula is C39H45N3O6. The third kappa shape index (κ3) is 9.68. The third-order valence-electron chi connectivity index (χ3n) is 8.01. The second-order valence-electron chi connectivity index (χ2n) is 11.7. The molecule has 0 unspecified atom stereocenters. The third-order valence-corrected chi connectivity index (χ3v) is 8.01. The van der Waals surface area contributed by atoms with E-state index in [1.165, 1.54) is 0 Å². The van der Waals surface area contributed by atoms with Crippen molar-refractivity contribution >= 4 is 17.8 Å². The lowest BCUT2D eigenvalue weighted by Gasteiger charge is -2.27. The van der Waals surface area contributed by atoms with Gasteiger partial charge < -0.3 is 29.3 Å². The Hall–Kier alpha value is -5.15. The fourth-order valence-corrected chi connectivity index (χ4v) is 5.48. The van der Waals surface area contributed by atoms with Crippen LogP contribution in [0, 0.1) is 0 Å². The summed E-state index contributed by atoms with van der Waals surface area (Å²) < 4.78 is 11.1. The van der Waals surface area contributed by atoms with Gasteiger partial charge >= 0.3 is 5.97 Å². The second-order valence-corrected chi connectivity index (χ2v) is 11.7. The van der Waals surface area contributed by atoms with Crippen LogP contribution in [-0.4, -0.2) is 91.6 Å². The monoisotopic (exact) mass is 651 g/mol. The van der Waals surface area contributed by atoms with Crippen LogP contribution < -0.4 is 9.47 Å². The number of aliphatic carboxylic acids is 1. The summed E-state index contributed by atoms with van der Waals surface area (Å²) in [5, 5.41) is 9.51. The molecule has 9 heteroatoms. The van der Waals surface area contributed by atoms with Crippen molar-refractivity contribution in [3.8, 4) is 22.6 Å². The maximum atomic E-state index is 14.3. The first-order chi connectivity index (χ1) is 23.2. The van der Waals surface area contributed by atoms with Gasteiger partial charge in [-0.2, -0.15) is 0 Å². The smallest absolute Gasteiger partial charge is 0.305 e. The number of hydrogen-bond acceptors (Lipinski definition) is 6. The maximum Gasteiger partial charge on any atom is 0.305 e. The van der Waals surface area contributed by atoms with Gasteiger partial charge in [-0.05, 0) is 74.0 Å². The van der Waals surface area contributed by atoms with E-state index in [1.807, 2.05) is 110 Å². The molecule has 0 heterocycles. The summed E-state index contributed by atoms with van der Waals surface area (Å²) in [6, 6.07) is 30.1. The number of amides is 2. The summed E-state index contributed by atoms with van der Waals surface area (Å²) in [5.41, 5.74) is 4.10. The molecule has 0 bridgehead atoms. The molecule has 4 rings (SSSR count). The van der Waals surface area contributed by atoms with Crippen molar-refractivity contribution in [3.63, 3.8) is 0 Å². The zero-order chi connectivity index (χ0) is 34.5. The number of hydrogen-bond donors (Lipinski definition) is 1. The molecule has 4 aromatic rings. The van der Waals surface area contributed by atoms with Crippen LogP contribution in [0.15, 0.2) is 97.1 Å². The van der Waals surface area contributed by atoms with Gasteiger partial charge in [-0.1, -0.05) is 72.8 Å². The predicted molar refractivity (Wildman–Crippen MR) is 188 cm³/mol. The zero-order valence-corrected chi connectivity index (χ0v) is 28.2. The first-order valence-corrected chi connectivity index (χ1v) is 16.2. The highest BCUT2D eigenvalue weighted by Gasteiger charge is 2.25. The number of nitrogens with zero attached hydrogens (tertiary/aromatic N) is 3. The first kappa shape index (κ1) is 35.7. The van der Waals surface area contributed by atoms with Crippen LogP contribution in [0.1, 0.15) is 45.2 Å². The van der Waals surface area contributed by atoms with Crippen LogP contribution in [-0.2, 0) is 17.8 Å². The molecule has 48 heavy (non-hydrogen) atoms. The second kappa shape index (κ2) is 17.7. The fourth-order valence-electron chi connectivity index (χ4n) is 5.48. The molecule has 0 fully saturated rings. The van der Waals surface area contributed by atoms with E-state index in [0.717, 1.165) is 11.1 Å². The van der Waals surface area contributed by atoms with Gasteiger partial charge in [-0.3, -0.25) is 14.4 Å². The van der Waals surface area contributed by atoms with Gasteiger partial charge in [0, 0.05) is 43.9 Å². The van der Waals surface area contributed by atoms with Crippen LogP contribution in [0.5, 0.6) is 11.5 Å². The van der Waals surface area contributed by atoms with Gasteiger partial charge in [0.2, 0.25) is 0 Å². The molecule has 4 aromatic carbocycles. The minimum Gasteiger partial charge on any atom is -0.493 e. The number of methoxy groups -OCH3 is 1. The van der Waals surface area contributed by atoms with Gasteiger partial charge in [0.05, 0.1) is 20.1 Å². The van der Waals surface area contributed by atoms with Crippen LogP contribution in [0.2, 0.25) is 0 Å². The molecule has 252 valence electrons. The van der Waals surface area contributed by atoms with Gasteiger partial charge in [-0.25, -0.2) is 0 Å². The van der Waals surface area contributed by atoms with E-state index in [0.29, 0.717) is 66.4 Å². The van der Waals surface area contributed by atoms with Crippen LogP contribution in [0.3, 0.4) is 0 Å². The van der Waals surface area contributed by atoms with Crippen molar-refractivity contribution in [1.82, 2.24) is 14.7 Å². The quantitative estimate of drug-likeness (QED) is 0.147. The van der Waals surface area contributed by atoms with E-state index in [4.69, 9.17) is 9.47 Å². The average molecular weight is 652 g/mol. The molecular weight excluding hydrogens is 606 g/mol.